The minimum absolute atomic E-state index is 0.282. The predicted molar refractivity (Wildman–Crippen MR) is 48.3 cm³/mol. The van der Waals surface area contributed by atoms with Crippen molar-refractivity contribution < 1.29 is 4.74 Å². The Bertz CT molecular complexity index is 171. The van der Waals surface area contributed by atoms with Crippen molar-refractivity contribution in [1.29, 1.82) is 0 Å². The van der Waals surface area contributed by atoms with Crippen LogP contribution in [-0.2, 0) is 4.74 Å². The molecule has 1 saturated carbocycles. The maximum Gasteiger partial charge on any atom is 0.139 e. The lowest BCUT2D eigenvalue weighted by Crippen LogP contribution is -2.32. The summed E-state index contributed by atoms with van der Waals surface area (Å²) in [6.45, 7) is 4.63. The van der Waals surface area contributed by atoms with E-state index < -0.39 is 0 Å². The molecule has 0 aromatic rings. The Morgan fingerprint density at radius 2 is 2.36 bits per heavy atom. The van der Waals surface area contributed by atoms with Crippen molar-refractivity contribution in [3.05, 3.63) is 0 Å². The maximum atomic E-state index is 6.01. The summed E-state index contributed by atoms with van der Waals surface area (Å²) in [5, 5.41) is 0. The highest BCUT2D eigenvalue weighted by atomic mass is 16.5. The summed E-state index contributed by atoms with van der Waals surface area (Å²) in [6.07, 6.45) is 3.91. The number of ether oxygens (including phenoxy) is 1. The van der Waals surface area contributed by atoms with Crippen LogP contribution in [0.2, 0.25) is 0 Å². The van der Waals surface area contributed by atoms with E-state index in [0.29, 0.717) is 6.00 Å². The second-order valence-electron chi connectivity index (χ2n) is 4.23. The molecule has 2 heteroatoms. The molecular formula is C9H17BO. The van der Waals surface area contributed by atoms with Gasteiger partial charge in [0, 0.05) is 6.00 Å². The first-order valence-electron chi connectivity index (χ1n) is 4.87. The van der Waals surface area contributed by atoms with Gasteiger partial charge in [-0.1, -0.05) is 13.8 Å². The summed E-state index contributed by atoms with van der Waals surface area (Å²) >= 11 is 0. The Balaban J connectivity index is 2.24. The van der Waals surface area contributed by atoms with E-state index in [4.69, 9.17) is 4.74 Å². The van der Waals surface area contributed by atoms with Crippen LogP contribution in [0.25, 0.3) is 0 Å². The van der Waals surface area contributed by atoms with Crippen LogP contribution in [0.3, 0.4) is 0 Å². The summed E-state index contributed by atoms with van der Waals surface area (Å²) in [7, 11) is 2.23. The molecule has 1 aliphatic heterocycles. The van der Waals surface area contributed by atoms with Crippen molar-refractivity contribution in [2.24, 2.45) is 11.8 Å². The molecule has 0 spiro atoms. The molecule has 2 rings (SSSR count). The van der Waals surface area contributed by atoms with Gasteiger partial charge in [-0.3, -0.25) is 0 Å². The van der Waals surface area contributed by atoms with E-state index in [2.05, 4.69) is 21.7 Å². The Hall–Kier alpha value is 0.0249. The minimum atomic E-state index is 0.282. The third kappa shape index (κ3) is 0.822. The van der Waals surface area contributed by atoms with E-state index in [-0.39, 0.29) is 5.60 Å². The van der Waals surface area contributed by atoms with Crippen LogP contribution in [0.15, 0.2) is 0 Å². The topological polar surface area (TPSA) is 9.23 Å². The van der Waals surface area contributed by atoms with Crippen molar-refractivity contribution >= 4 is 7.85 Å². The van der Waals surface area contributed by atoms with Gasteiger partial charge in [0.2, 0.25) is 0 Å². The highest BCUT2D eigenvalue weighted by Crippen LogP contribution is 2.53. The average Bonchev–Trinajstić information content (AvgIpc) is 2.42. The van der Waals surface area contributed by atoms with E-state index in [0.717, 1.165) is 11.8 Å². The molecule has 2 bridgehead atoms. The normalized spacial score (nSPS) is 55.3. The van der Waals surface area contributed by atoms with Crippen LogP contribution in [0.4, 0.5) is 0 Å². The molecule has 0 aromatic heterocycles. The Labute approximate surface area is 69.9 Å². The molecule has 0 radical (unpaired) electrons. The molecule has 62 valence electrons. The van der Waals surface area contributed by atoms with Gasteiger partial charge in [0.1, 0.15) is 7.85 Å². The second-order valence-corrected chi connectivity index (χ2v) is 4.23. The zero-order valence-electron chi connectivity index (χ0n) is 7.76. The lowest BCUT2D eigenvalue weighted by atomic mass is 9.81. The van der Waals surface area contributed by atoms with Gasteiger partial charge >= 0.3 is 0 Å². The van der Waals surface area contributed by atoms with Gasteiger partial charge in [0.05, 0.1) is 5.60 Å². The van der Waals surface area contributed by atoms with Crippen molar-refractivity contribution in [2.75, 3.05) is 0 Å². The smallest absolute Gasteiger partial charge is 0.139 e. The molecule has 2 aliphatic rings. The van der Waals surface area contributed by atoms with Gasteiger partial charge in [-0.25, -0.2) is 0 Å². The maximum absolute atomic E-state index is 6.01. The van der Waals surface area contributed by atoms with E-state index in [1.54, 1.807) is 0 Å². The van der Waals surface area contributed by atoms with E-state index >= 15 is 0 Å². The average molecular weight is 152 g/mol. The lowest BCUT2D eigenvalue weighted by molar-refractivity contribution is -0.0489. The molecule has 4 atom stereocenters. The van der Waals surface area contributed by atoms with Crippen molar-refractivity contribution in [3.63, 3.8) is 0 Å². The summed E-state index contributed by atoms with van der Waals surface area (Å²) in [5.41, 5.74) is 0.282. The zero-order chi connectivity index (χ0) is 8.06. The Morgan fingerprint density at radius 3 is 2.64 bits per heavy atom. The molecule has 1 aliphatic carbocycles. The Kier molecular flexibility index (Phi) is 1.57. The first-order chi connectivity index (χ1) is 5.19. The van der Waals surface area contributed by atoms with Crippen molar-refractivity contribution in [3.8, 4) is 0 Å². The summed E-state index contributed by atoms with van der Waals surface area (Å²) < 4.78 is 6.01. The van der Waals surface area contributed by atoms with Crippen LogP contribution in [0.1, 0.15) is 33.1 Å². The highest BCUT2D eigenvalue weighted by molar-refractivity contribution is 6.11. The quantitative estimate of drug-likeness (QED) is 0.512. The lowest BCUT2D eigenvalue weighted by Gasteiger charge is -2.30. The van der Waals surface area contributed by atoms with Crippen molar-refractivity contribution in [1.82, 2.24) is 0 Å². The zero-order valence-corrected chi connectivity index (χ0v) is 7.76. The Morgan fingerprint density at radius 1 is 1.64 bits per heavy atom. The first-order valence-corrected chi connectivity index (χ1v) is 4.87. The van der Waals surface area contributed by atoms with Gasteiger partial charge in [-0.05, 0) is 31.1 Å². The summed E-state index contributed by atoms with van der Waals surface area (Å²) in [6, 6.07) is 0.527. The van der Waals surface area contributed by atoms with Crippen LogP contribution in [-0.4, -0.2) is 19.5 Å². The van der Waals surface area contributed by atoms with Crippen LogP contribution in [0.5, 0.6) is 0 Å². The minimum Gasteiger partial charge on any atom is -0.380 e. The third-order valence-electron chi connectivity index (χ3n) is 3.99. The van der Waals surface area contributed by atoms with E-state index in [1.807, 2.05) is 0 Å². The molecule has 1 saturated heterocycles. The van der Waals surface area contributed by atoms with Crippen LogP contribution in [0, 0.1) is 11.8 Å². The van der Waals surface area contributed by atoms with Gasteiger partial charge in [0.15, 0.2) is 0 Å². The predicted octanol–water partition coefficient (Wildman–Crippen LogP) is 1.17. The number of hydrogen-bond acceptors (Lipinski definition) is 1. The molecule has 1 heterocycles. The summed E-state index contributed by atoms with van der Waals surface area (Å²) in [4.78, 5) is 0. The van der Waals surface area contributed by atoms with Crippen LogP contribution >= 0.6 is 0 Å². The molecule has 0 amide bonds. The van der Waals surface area contributed by atoms with Crippen molar-refractivity contribution in [2.45, 2.75) is 44.7 Å². The van der Waals surface area contributed by atoms with Gasteiger partial charge < -0.3 is 4.74 Å². The number of rotatable bonds is 1. The highest BCUT2D eigenvalue weighted by Gasteiger charge is 2.54. The van der Waals surface area contributed by atoms with Gasteiger partial charge in [-0.15, -0.1) is 0 Å². The molecule has 2 fully saturated rings. The molecular weight excluding hydrogens is 135 g/mol. The monoisotopic (exact) mass is 152 g/mol. The molecule has 1 nitrogen and oxygen atoms in total. The molecule has 11 heavy (non-hydrogen) atoms. The second kappa shape index (κ2) is 2.26. The fraction of sp³-hybridized carbons (Fsp3) is 1.00. The van der Waals surface area contributed by atoms with Gasteiger partial charge in [0.25, 0.3) is 0 Å². The first kappa shape index (κ1) is 7.66. The summed E-state index contributed by atoms with van der Waals surface area (Å²) in [5.74, 6) is 1.66. The number of hydrogen-bond donors (Lipinski definition) is 0. The van der Waals surface area contributed by atoms with Crippen LogP contribution < -0.4 is 0 Å². The van der Waals surface area contributed by atoms with E-state index in [9.17, 15) is 0 Å². The number of fused-ring (bicyclic) bond motifs is 2. The largest absolute Gasteiger partial charge is 0.380 e. The fourth-order valence-corrected chi connectivity index (χ4v) is 3.13. The third-order valence-corrected chi connectivity index (χ3v) is 3.99. The molecule has 0 N–H and O–H groups in total. The SMILES string of the molecule is B[C@@H]1O[C@]2(CC)CCC1C2C. The fourth-order valence-electron chi connectivity index (χ4n) is 3.13. The molecule has 2 unspecified atom stereocenters. The standard InChI is InChI=1S/C9H17BO/c1-3-9-5-4-7(6(9)2)8(10)11-9/h6-8H,3-5,10H2,1-2H3/t6?,7?,8-,9-/m1/s1. The molecule has 0 aromatic carbocycles. The van der Waals surface area contributed by atoms with E-state index in [1.165, 1.54) is 19.3 Å². The van der Waals surface area contributed by atoms with Gasteiger partial charge in [-0.2, -0.15) is 0 Å².